The molecule has 1 aliphatic rings. The molecule has 4 atom stereocenters. The molecular weight excluding hydrogens is 1320 g/mol. The summed E-state index contributed by atoms with van der Waals surface area (Å²) in [6.07, 6.45) is 52.3. The van der Waals surface area contributed by atoms with Crippen LogP contribution in [0.15, 0.2) is 143 Å². The lowest BCUT2D eigenvalue weighted by molar-refractivity contribution is -0.148. The van der Waals surface area contributed by atoms with E-state index in [0.717, 1.165) is 65.0 Å². The molecule has 0 aliphatic carbocycles. The fourth-order valence-electron chi connectivity index (χ4n) is 15.4. The summed E-state index contributed by atoms with van der Waals surface area (Å²) in [5.74, 6) is -1.14. The summed E-state index contributed by atoms with van der Waals surface area (Å²) < 4.78 is 39.2. The van der Waals surface area contributed by atoms with Gasteiger partial charge in [-0.05, 0) is 103 Å². The Labute approximate surface area is 637 Å². The van der Waals surface area contributed by atoms with Crippen molar-refractivity contribution in [2.45, 2.75) is 314 Å². The van der Waals surface area contributed by atoms with Crippen molar-refractivity contribution in [1.29, 1.82) is 0 Å². The minimum Gasteiger partial charge on any atom is -0.497 e. The lowest BCUT2D eigenvalue weighted by Gasteiger charge is -2.37. The maximum absolute atomic E-state index is 15.0. The summed E-state index contributed by atoms with van der Waals surface area (Å²) in [4.78, 5) is 57.7. The van der Waals surface area contributed by atoms with Gasteiger partial charge in [-0.15, -0.1) is 0 Å². The summed E-state index contributed by atoms with van der Waals surface area (Å²) in [6, 6.07) is 39.9. The molecule has 1 fully saturated rings. The maximum atomic E-state index is 15.0. The van der Waals surface area contributed by atoms with Crippen LogP contribution in [-0.2, 0) is 24.7 Å². The molecule has 2 heterocycles. The number of aromatic nitrogens is 2. The van der Waals surface area contributed by atoms with Crippen molar-refractivity contribution in [3.05, 3.63) is 188 Å². The number of carboxylic acid groups (broad SMARTS) is 1. The fourth-order valence-corrected chi connectivity index (χ4v) is 15.4. The summed E-state index contributed by atoms with van der Waals surface area (Å²) in [5.41, 5.74) is 1.59. The average Bonchev–Trinajstić information content (AvgIpc) is 1.03. The normalized spacial score (nSPS) is 14.7. The molecule has 1 saturated heterocycles. The van der Waals surface area contributed by atoms with Crippen molar-refractivity contribution < 1.29 is 43.1 Å². The number of hydrogen-bond donors (Lipinski definition) is 3. The molecule has 0 saturated carbocycles. The van der Waals surface area contributed by atoms with E-state index in [0.29, 0.717) is 24.7 Å². The van der Waals surface area contributed by atoms with Gasteiger partial charge in [0.15, 0.2) is 0 Å². The highest BCUT2D eigenvalue weighted by Crippen LogP contribution is 2.45. The Morgan fingerprint density at radius 1 is 0.491 bits per heavy atom. The van der Waals surface area contributed by atoms with E-state index in [-0.39, 0.29) is 18.6 Å². The average molecular weight is 1460 g/mol. The quantitative estimate of drug-likeness (QED) is 0.0245. The van der Waals surface area contributed by atoms with Gasteiger partial charge in [0.2, 0.25) is 5.91 Å². The van der Waals surface area contributed by atoms with E-state index in [1.54, 1.807) is 21.1 Å². The van der Waals surface area contributed by atoms with Crippen LogP contribution in [-0.4, -0.2) is 66.7 Å². The van der Waals surface area contributed by atoms with Crippen LogP contribution >= 0.6 is 0 Å². The molecule has 14 heteroatoms. The number of rotatable bonds is 60. The predicted molar refractivity (Wildman–Crippen MR) is 432 cm³/mol. The number of aromatic amines is 1. The number of unbranched alkanes of at least 4 members (excludes halogenated alkanes) is 38. The first kappa shape index (κ1) is 86.1. The first-order chi connectivity index (χ1) is 52.0. The Morgan fingerprint density at radius 2 is 0.840 bits per heavy atom. The van der Waals surface area contributed by atoms with E-state index in [9.17, 15) is 24.3 Å². The molecular formula is C92H135N3O11. The van der Waals surface area contributed by atoms with E-state index >= 15 is 0 Å². The standard InChI is InChI=1S/C92H135N3O11/c1-6-8-10-12-14-16-18-20-22-24-26-28-30-32-34-36-38-40-42-47-67-103-81-59-51-74(52-60-81)88(75-53-61-82(62-54-75)104-68-48-43-41-39-37-35-33-31-29-27-25-23-21-19-17-15-13-11-9-7-2)93-86(96)69-84(90(98)99)83-70-87(95-71-73(3)89(97)94-91(95)100)106-85(83)72-105-92(76-49-45-44-46-50-76,77-55-63-79(101-4)64-56-77)78-57-65-80(102-5)66-58-78/h44-46,49-66,71,83-85,87-88H,6-43,47-48,67-70,72H2,1-5H3,(H,93,96)(H,98,99)(H,94,97,100)/t83-,84?,85-,87-/m1/s1. The molecule has 106 heavy (non-hydrogen) atoms. The SMILES string of the molecule is CCCCCCCCCCCCCCCCCCCCCCOc1ccc(C(NC(=O)CC(C(=O)O)[C@H]2C[C@H](n3cc(C)c(=O)[nH]c3=O)O[C@@H]2COC(c2ccccc2)(c2ccc(OC)cc2)c2ccc(OC)cc2)c2ccc(OCCCCCCCCCCCCCCCCCCCCCC)cc2)cc1. The predicted octanol–water partition coefficient (Wildman–Crippen LogP) is 23.2. The molecule has 0 radical (unpaired) electrons. The van der Waals surface area contributed by atoms with Gasteiger partial charge in [0.25, 0.3) is 5.56 Å². The molecule has 7 rings (SSSR count). The second-order valence-electron chi connectivity index (χ2n) is 30.2. The number of aryl methyl sites for hydroxylation is 1. The van der Waals surface area contributed by atoms with Gasteiger partial charge in [0.1, 0.15) is 34.8 Å². The van der Waals surface area contributed by atoms with Gasteiger partial charge < -0.3 is 38.8 Å². The number of methoxy groups -OCH3 is 2. The number of benzene rings is 5. The van der Waals surface area contributed by atoms with Crippen LogP contribution in [0.25, 0.3) is 0 Å². The van der Waals surface area contributed by atoms with E-state index in [1.165, 1.54) is 242 Å². The van der Waals surface area contributed by atoms with Crippen molar-refractivity contribution in [3.63, 3.8) is 0 Å². The zero-order valence-corrected chi connectivity index (χ0v) is 65.9. The van der Waals surface area contributed by atoms with E-state index in [2.05, 4.69) is 24.1 Å². The van der Waals surface area contributed by atoms with Crippen LogP contribution in [0, 0.1) is 18.8 Å². The van der Waals surface area contributed by atoms with Gasteiger partial charge in [-0.3, -0.25) is 23.9 Å². The van der Waals surface area contributed by atoms with E-state index in [4.69, 9.17) is 28.4 Å². The Hall–Kier alpha value is -7.16. The Morgan fingerprint density at radius 3 is 1.20 bits per heavy atom. The molecule has 0 bridgehead atoms. The molecule has 1 amide bonds. The van der Waals surface area contributed by atoms with E-state index in [1.807, 2.05) is 127 Å². The number of amides is 1. The van der Waals surface area contributed by atoms with Gasteiger partial charge in [-0.2, -0.15) is 0 Å². The molecule has 0 spiro atoms. The lowest BCUT2D eigenvalue weighted by atomic mass is 9.79. The molecule has 584 valence electrons. The Kier molecular flexibility index (Phi) is 41.6. The highest BCUT2D eigenvalue weighted by Gasteiger charge is 2.47. The summed E-state index contributed by atoms with van der Waals surface area (Å²) in [7, 11) is 3.21. The van der Waals surface area contributed by atoms with Gasteiger partial charge in [-0.1, -0.05) is 337 Å². The Balaban J connectivity index is 0.974. The molecule has 5 aromatic carbocycles. The number of carbonyl (C=O) groups excluding carboxylic acids is 1. The van der Waals surface area contributed by atoms with Gasteiger partial charge >= 0.3 is 11.7 Å². The number of carbonyl (C=O) groups is 2. The number of hydrogen-bond acceptors (Lipinski definition) is 10. The number of ether oxygens (including phenoxy) is 6. The third-order valence-electron chi connectivity index (χ3n) is 21.9. The highest BCUT2D eigenvalue weighted by molar-refractivity contribution is 5.83. The second kappa shape index (κ2) is 51.2. The van der Waals surface area contributed by atoms with Crippen molar-refractivity contribution in [1.82, 2.24) is 14.9 Å². The van der Waals surface area contributed by atoms with Gasteiger partial charge in [0, 0.05) is 24.1 Å². The first-order valence-corrected chi connectivity index (χ1v) is 41.9. The molecule has 1 aromatic heterocycles. The van der Waals surface area contributed by atoms with Gasteiger partial charge in [-0.25, -0.2) is 4.79 Å². The number of H-pyrrole nitrogens is 1. The molecule has 1 aliphatic heterocycles. The van der Waals surface area contributed by atoms with E-state index < -0.39 is 65.4 Å². The van der Waals surface area contributed by atoms with Crippen LogP contribution in [0.5, 0.6) is 23.0 Å². The minimum atomic E-state index is -1.32. The fraction of sp³-hybridized carbons (Fsp3) is 0.609. The number of nitrogens with one attached hydrogen (secondary N) is 2. The van der Waals surface area contributed by atoms with Crippen LogP contribution in [0.2, 0.25) is 0 Å². The molecule has 6 aromatic rings. The lowest BCUT2D eigenvalue weighted by Crippen LogP contribution is -2.40. The van der Waals surface area contributed by atoms with Gasteiger partial charge in [0.05, 0.1) is 52.1 Å². The zero-order valence-electron chi connectivity index (χ0n) is 65.9. The first-order valence-electron chi connectivity index (χ1n) is 41.9. The smallest absolute Gasteiger partial charge is 0.330 e. The van der Waals surface area contributed by atoms with Crippen molar-refractivity contribution in [2.75, 3.05) is 34.0 Å². The van der Waals surface area contributed by atoms with Crippen molar-refractivity contribution in [3.8, 4) is 23.0 Å². The number of aliphatic carboxylic acids is 1. The van der Waals surface area contributed by atoms with Crippen molar-refractivity contribution >= 4 is 11.9 Å². The maximum Gasteiger partial charge on any atom is 0.330 e. The Bertz CT molecular complexity index is 3270. The van der Waals surface area contributed by atoms with Crippen molar-refractivity contribution in [2.24, 2.45) is 11.8 Å². The summed E-state index contributed by atoms with van der Waals surface area (Å²) >= 11 is 0. The molecule has 3 N–H and O–H groups in total. The minimum absolute atomic E-state index is 0.0125. The van der Waals surface area contributed by atoms with Crippen LogP contribution in [0.1, 0.15) is 329 Å². The second-order valence-corrected chi connectivity index (χ2v) is 30.2. The zero-order chi connectivity index (χ0) is 75.1. The summed E-state index contributed by atoms with van der Waals surface area (Å²) in [6.45, 7) is 7.21. The third-order valence-corrected chi connectivity index (χ3v) is 21.9. The molecule has 1 unspecified atom stereocenters. The number of nitrogens with zero attached hydrogens (tertiary/aromatic N) is 1. The highest BCUT2D eigenvalue weighted by atomic mass is 16.6. The topological polar surface area (TPSA) is 177 Å². The monoisotopic (exact) mass is 1460 g/mol. The van der Waals surface area contributed by atoms with Crippen LogP contribution in [0.4, 0.5) is 0 Å². The number of carboxylic acids is 1. The van der Waals surface area contributed by atoms with Crippen LogP contribution < -0.4 is 35.5 Å². The van der Waals surface area contributed by atoms with Crippen LogP contribution in [0.3, 0.4) is 0 Å². The molecule has 14 nitrogen and oxygen atoms in total. The largest absolute Gasteiger partial charge is 0.497 e. The third kappa shape index (κ3) is 30.5. The summed E-state index contributed by atoms with van der Waals surface area (Å²) in [5, 5.41) is 14.7.